The number of hydrogen-bond donors (Lipinski definition) is 1. The maximum atomic E-state index is 13.0. The van der Waals surface area contributed by atoms with Crippen LogP contribution in [0.25, 0.3) is 5.76 Å². The number of carbonyl (C=O) groups excluding carboxylic acids is 2. The Labute approximate surface area is 182 Å². The van der Waals surface area contributed by atoms with E-state index in [1.807, 2.05) is 49.3 Å². The molecular weight excluding hydrogens is 396 g/mol. The van der Waals surface area contributed by atoms with E-state index in [9.17, 15) is 14.7 Å². The molecule has 0 unspecified atom stereocenters. The smallest absolute Gasteiger partial charge is 0.295 e. The van der Waals surface area contributed by atoms with Gasteiger partial charge in [-0.1, -0.05) is 30.3 Å². The van der Waals surface area contributed by atoms with Gasteiger partial charge in [-0.15, -0.1) is 0 Å². The van der Waals surface area contributed by atoms with Crippen molar-refractivity contribution in [3.63, 3.8) is 0 Å². The Morgan fingerprint density at radius 1 is 1.03 bits per heavy atom. The van der Waals surface area contributed by atoms with Gasteiger partial charge in [-0.2, -0.15) is 0 Å². The van der Waals surface area contributed by atoms with E-state index < -0.39 is 17.7 Å². The Balaban J connectivity index is 2.09. The molecule has 2 aromatic rings. The fraction of sp³-hybridized carbons (Fsp3) is 0.333. The number of aliphatic hydroxyl groups is 1. The van der Waals surface area contributed by atoms with Gasteiger partial charge in [-0.05, 0) is 50.8 Å². The second-order valence-corrected chi connectivity index (χ2v) is 7.63. The third-order valence-electron chi connectivity index (χ3n) is 5.32. The summed E-state index contributed by atoms with van der Waals surface area (Å²) in [7, 11) is 6.93. The molecule has 7 nitrogen and oxygen atoms in total. The molecule has 3 rings (SSSR count). The van der Waals surface area contributed by atoms with Crippen LogP contribution in [-0.2, 0) is 9.59 Å². The molecule has 1 heterocycles. The van der Waals surface area contributed by atoms with E-state index in [-0.39, 0.29) is 11.3 Å². The second-order valence-electron chi connectivity index (χ2n) is 7.63. The summed E-state index contributed by atoms with van der Waals surface area (Å²) in [5.41, 5.74) is 1.23. The molecule has 1 saturated heterocycles. The van der Waals surface area contributed by atoms with Gasteiger partial charge in [0.05, 0.1) is 25.8 Å². The molecule has 0 saturated carbocycles. The number of benzene rings is 2. The largest absolute Gasteiger partial charge is 0.507 e. The van der Waals surface area contributed by atoms with Gasteiger partial charge in [0.15, 0.2) is 11.5 Å². The zero-order valence-electron chi connectivity index (χ0n) is 18.3. The molecule has 0 aromatic heterocycles. The van der Waals surface area contributed by atoms with Gasteiger partial charge in [-0.25, -0.2) is 0 Å². The molecule has 0 radical (unpaired) electrons. The van der Waals surface area contributed by atoms with Gasteiger partial charge >= 0.3 is 0 Å². The van der Waals surface area contributed by atoms with Crippen LogP contribution in [0.4, 0.5) is 0 Å². The number of likely N-dealkylation sites (tertiary alicyclic amines) is 1. The van der Waals surface area contributed by atoms with E-state index in [2.05, 4.69) is 0 Å². The van der Waals surface area contributed by atoms with Crippen LogP contribution < -0.4 is 9.47 Å². The molecule has 7 heteroatoms. The summed E-state index contributed by atoms with van der Waals surface area (Å²) in [5, 5.41) is 11.1. The maximum absolute atomic E-state index is 13.0. The fourth-order valence-electron chi connectivity index (χ4n) is 3.79. The van der Waals surface area contributed by atoms with Gasteiger partial charge in [0.25, 0.3) is 11.7 Å². The minimum Gasteiger partial charge on any atom is -0.507 e. The number of carbonyl (C=O) groups is 2. The minimum absolute atomic E-state index is 0.0771. The number of methoxy groups -OCH3 is 2. The molecule has 31 heavy (non-hydrogen) atoms. The van der Waals surface area contributed by atoms with Crippen LogP contribution in [-0.4, -0.2) is 68.0 Å². The van der Waals surface area contributed by atoms with Gasteiger partial charge in [0.2, 0.25) is 0 Å². The molecular formula is C24H28N2O5. The summed E-state index contributed by atoms with van der Waals surface area (Å²) >= 11 is 0. The summed E-state index contributed by atoms with van der Waals surface area (Å²) in [6.07, 6.45) is 0.708. The van der Waals surface area contributed by atoms with Crippen LogP contribution >= 0.6 is 0 Å². The number of ketones is 1. The Morgan fingerprint density at radius 3 is 2.32 bits per heavy atom. The third kappa shape index (κ3) is 4.56. The third-order valence-corrected chi connectivity index (χ3v) is 5.32. The van der Waals surface area contributed by atoms with Crippen molar-refractivity contribution in [2.45, 2.75) is 12.5 Å². The molecule has 1 aliphatic rings. The van der Waals surface area contributed by atoms with E-state index in [4.69, 9.17) is 9.47 Å². The van der Waals surface area contributed by atoms with Gasteiger partial charge < -0.3 is 24.4 Å². The summed E-state index contributed by atoms with van der Waals surface area (Å²) in [5.74, 6) is -0.602. The molecule has 1 fully saturated rings. The molecule has 0 spiro atoms. The first-order valence-electron chi connectivity index (χ1n) is 10.1. The van der Waals surface area contributed by atoms with Crippen LogP contribution in [0.5, 0.6) is 11.5 Å². The molecule has 1 atom stereocenters. The number of aliphatic hydroxyl groups excluding tert-OH is 1. The highest BCUT2D eigenvalue weighted by Gasteiger charge is 2.45. The maximum Gasteiger partial charge on any atom is 0.295 e. The van der Waals surface area contributed by atoms with Crippen molar-refractivity contribution in [1.82, 2.24) is 9.80 Å². The van der Waals surface area contributed by atoms with Crippen molar-refractivity contribution in [3.8, 4) is 11.5 Å². The van der Waals surface area contributed by atoms with Crippen molar-refractivity contribution in [3.05, 3.63) is 65.2 Å². The van der Waals surface area contributed by atoms with E-state index in [1.54, 1.807) is 23.1 Å². The zero-order chi connectivity index (χ0) is 22.5. The lowest BCUT2D eigenvalue weighted by Gasteiger charge is -2.26. The van der Waals surface area contributed by atoms with Crippen molar-refractivity contribution in [2.24, 2.45) is 0 Å². The number of Topliss-reactive ketones (excluding diaryl/α,β-unsaturated/α-hetero) is 1. The second kappa shape index (κ2) is 9.66. The van der Waals surface area contributed by atoms with E-state index in [0.717, 1.165) is 12.1 Å². The van der Waals surface area contributed by atoms with Crippen LogP contribution in [0.1, 0.15) is 23.6 Å². The summed E-state index contributed by atoms with van der Waals surface area (Å²) in [6, 6.07) is 13.5. The zero-order valence-corrected chi connectivity index (χ0v) is 18.3. The van der Waals surface area contributed by atoms with Crippen molar-refractivity contribution in [1.29, 1.82) is 0 Å². The highest BCUT2D eigenvalue weighted by molar-refractivity contribution is 6.46. The first-order valence-corrected chi connectivity index (χ1v) is 10.1. The lowest BCUT2D eigenvalue weighted by atomic mass is 9.95. The fourth-order valence-corrected chi connectivity index (χ4v) is 3.79. The quantitative estimate of drug-likeness (QED) is 0.399. The van der Waals surface area contributed by atoms with Crippen LogP contribution in [0.2, 0.25) is 0 Å². The Bertz CT molecular complexity index is 985. The lowest BCUT2D eigenvalue weighted by Crippen LogP contribution is -2.32. The first kappa shape index (κ1) is 22.4. The molecule has 164 valence electrons. The number of nitrogens with zero attached hydrogens (tertiary/aromatic N) is 2. The number of amides is 1. The predicted octanol–water partition coefficient (Wildman–Crippen LogP) is 3.08. The molecule has 2 aromatic carbocycles. The number of ether oxygens (including phenoxy) is 2. The molecule has 1 aliphatic heterocycles. The molecule has 1 amide bonds. The monoisotopic (exact) mass is 424 g/mol. The molecule has 0 bridgehead atoms. The summed E-state index contributed by atoms with van der Waals surface area (Å²) in [6.45, 7) is 1.19. The van der Waals surface area contributed by atoms with Crippen molar-refractivity contribution < 1.29 is 24.2 Å². The van der Waals surface area contributed by atoms with Crippen molar-refractivity contribution >= 4 is 17.4 Å². The lowest BCUT2D eigenvalue weighted by molar-refractivity contribution is -0.139. The Morgan fingerprint density at radius 2 is 1.71 bits per heavy atom. The van der Waals surface area contributed by atoms with E-state index >= 15 is 0 Å². The number of hydrogen-bond acceptors (Lipinski definition) is 6. The normalized spacial score (nSPS) is 18.0. The van der Waals surface area contributed by atoms with E-state index in [1.165, 1.54) is 14.2 Å². The first-order chi connectivity index (χ1) is 14.9. The molecule has 1 N–H and O–H groups in total. The van der Waals surface area contributed by atoms with Crippen LogP contribution in [0.15, 0.2) is 54.1 Å². The van der Waals surface area contributed by atoms with Crippen LogP contribution in [0, 0.1) is 0 Å². The Hall–Kier alpha value is -3.32. The SMILES string of the molecule is COc1ccc(/C(O)=C2\C(=O)C(=O)N(CCCN(C)C)[C@@H]2c2ccccc2)cc1OC. The van der Waals surface area contributed by atoms with Gasteiger partial charge in [0, 0.05) is 12.1 Å². The van der Waals surface area contributed by atoms with Gasteiger partial charge in [-0.3, -0.25) is 9.59 Å². The Kier molecular flexibility index (Phi) is 6.97. The summed E-state index contributed by atoms with van der Waals surface area (Å²) < 4.78 is 10.6. The highest BCUT2D eigenvalue weighted by atomic mass is 16.5. The topological polar surface area (TPSA) is 79.3 Å². The van der Waals surface area contributed by atoms with Crippen LogP contribution in [0.3, 0.4) is 0 Å². The van der Waals surface area contributed by atoms with Crippen molar-refractivity contribution in [2.75, 3.05) is 41.4 Å². The minimum atomic E-state index is -0.689. The summed E-state index contributed by atoms with van der Waals surface area (Å²) in [4.78, 5) is 29.5. The average Bonchev–Trinajstić information content (AvgIpc) is 3.03. The standard InChI is InChI=1S/C24H28N2O5/c1-25(2)13-8-14-26-21(16-9-6-5-7-10-16)20(23(28)24(26)29)22(27)17-11-12-18(30-3)19(15-17)31-4/h5-7,9-12,15,21,27H,8,13-14H2,1-4H3/b22-20+/t21-/m1/s1. The predicted molar refractivity (Wildman–Crippen MR) is 118 cm³/mol. The average molecular weight is 424 g/mol. The molecule has 0 aliphatic carbocycles. The van der Waals surface area contributed by atoms with E-state index in [0.29, 0.717) is 30.0 Å². The number of rotatable bonds is 8. The van der Waals surface area contributed by atoms with Gasteiger partial charge in [0.1, 0.15) is 5.76 Å². The highest BCUT2D eigenvalue weighted by Crippen LogP contribution is 2.40.